The Balaban J connectivity index is 1.43. The molecule has 27 heavy (non-hydrogen) atoms. The molecule has 2 heterocycles. The molecule has 0 atom stereocenters. The number of amides is 1. The Morgan fingerprint density at radius 3 is 2.81 bits per heavy atom. The lowest BCUT2D eigenvalue weighted by molar-refractivity contribution is 0.0906. The molecular formula is C18H21N7O2. The molecule has 0 bridgehead atoms. The van der Waals surface area contributed by atoms with Crippen LogP contribution in [0.1, 0.15) is 47.7 Å². The lowest BCUT2D eigenvalue weighted by atomic mass is 9.79. The molecule has 0 saturated heterocycles. The fourth-order valence-corrected chi connectivity index (χ4v) is 3.52. The van der Waals surface area contributed by atoms with Crippen molar-refractivity contribution in [3.8, 4) is 5.69 Å². The molecule has 0 spiro atoms. The van der Waals surface area contributed by atoms with E-state index in [1.807, 2.05) is 29.7 Å². The molecule has 1 amide bonds. The fourth-order valence-electron chi connectivity index (χ4n) is 3.52. The maximum atomic E-state index is 12.7. The molecule has 1 aliphatic rings. The van der Waals surface area contributed by atoms with Crippen LogP contribution in [0, 0.1) is 0 Å². The highest BCUT2D eigenvalue weighted by molar-refractivity contribution is 5.97. The van der Waals surface area contributed by atoms with Gasteiger partial charge in [0, 0.05) is 18.5 Å². The second kappa shape index (κ2) is 7.28. The van der Waals surface area contributed by atoms with Gasteiger partial charge in [-0.2, -0.15) is 5.10 Å². The molecule has 3 aromatic rings. The average molecular weight is 367 g/mol. The molecule has 1 fully saturated rings. The number of aliphatic hydroxyl groups is 1. The minimum atomic E-state index is -0.127. The van der Waals surface area contributed by atoms with E-state index in [4.69, 9.17) is 0 Å². The highest BCUT2D eigenvalue weighted by Crippen LogP contribution is 2.36. The minimum absolute atomic E-state index is 0.0888. The van der Waals surface area contributed by atoms with Crippen molar-refractivity contribution in [1.82, 2.24) is 34.8 Å². The van der Waals surface area contributed by atoms with Crippen LogP contribution in [0.5, 0.6) is 0 Å². The lowest BCUT2D eigenvalue weighted by Crippen LogP contribution is -2.44. The normalized spacial score (nSPS) is 18.9. The smallest absolute Gasteiger partial charge is 0.253 e. The summed E-state index contributed by atoms with van der Waals surface area (Å²) in [6.07, 6.45) is 4.62. The molecule has 2 aromatic heterocycles. The first-order chi connectivity index (χ1) is 13.2. The Labute approximate surface area is 156 Å². The average Bonchev–Trinajstić information content (AvgIpc) is 3.33. The van der Waals surface area contributed by atoms with Crippen molar-refractivity contribution >= 4 is 5.91 Å². The number of carbonyl (C=O) groups is 1. The summed E-state index contributed by atoms with van der Waals surface area (Å²) in [6.45, 7) is 2.61. The predicted molar refractivity (Wildman–Crippen MR) is 96.2 cm³/mol. The second-order valence-electron chi connectivity index (χ2n) is 6.57. The number of para-hydroxylation sites is 1. The van der Waals surface area contributed by atoms with Gasteiger partial charge in [0.1, 0.15) is 25.1 Å². The fraction of sp³-hybridized carbons (Fsp3) is 0.389. The van der Waals surface area contributed by atoms with Crippen molar-refractivity contribution in [1.29, 1.82) is 0 Å². The first-order valence-electron chi connectivity index (χ1n) is 8.99. The molecule has 9 nitrogen and oxygen atoms in total. The van der Waals surface area contributed by atoms with E-state index in [1.165, 1.54) is 6.33 Å². The number of aromatic nitrogens is 6. The standard InChI is InChI=1S/C18H21N7O2/c1-2-24-16(9-26)22-23-17(24)12-7-13(8-12)21-18(27)14-5-3-4-6-15(14)25-11-19-10-20-25/h3-6,10-13,26H,2,7-9H2,1H3,(H,21,27). The van der Waals surface area contributed by atoms with Crippen LogP contribution in [0.2, 0.25) is 0 Å². The van der Waals surface area contributed by atoms with Crippen LogP contribution in [-0.4, -0.2) is 46.6 Å². The number of nitrogens with one attached hydrogen (secondary N) is 1. The summed E-state index contributed by atoms with van der Waals surface area (Å²) in [5, 5.41) is 24.8. The Morgan fingerprint density at radius 1 is 1.30 bits per heavy atom. The molecule has 2 N–H and O–H groups in total. The van der Waals surface area contributed by atoms with Gasteiger partial charge in [-0.05, 0) is 31.9 Å². The van der Waals surface area contributed by atoms with Gasteiger partial charge in [-0.3, -0.25) is 4.79 Å². The topological polar surface area (TPSA) is 111 Å². The number of hydrogen-bond acceptors (Lipinski definition) is 6. The van der Waals surface area contributed by atoms with Crippen molar-refractivity contribution in [2.75, 3.05) is 0 Å². The third-order valence-corrected chi connectivity index (χ3v) is 4.97. The van der Waals surface area contributed by atoms with E-state index >= 15 is 0 Å². The zero-order valence-electron chi connectivity index (χ0n) is 15.0. The first kappa shape index (κ1) is 17.3. The van der Waals surface area contributed by atoms with Gasteiger partial charge in [0.15, 0.2) is 5.82 Å². The maximum Gasteiger partial charge on any atom is 0.253 e. The quantitative estimate of drug-likeness (QED) is 0.674. The van der Waals surface area contributed by atoms with Crippen LogP contribution in [-0.2, 0) is 13.2 Å². The summed E-state index contributed by atoms with van der Waals surface area (Å²) in [5.74, 6) is 1.59. The highest BCUT2D eigenvalue weighted by Gasteiger charge is 2.35. The molecule has 9 heteroatoms. The van der Waals surface area contributed by atoms with Crippen molar-refractivity contribution in [3.05, 3.63) is 54.1 Å². The van der Waals surface area contributed by atoms with Crippen molar-refractivity contribution in [2.45, 2.75) is 44.9 Å². The molecule has 4 rings (SSSR count). The minimum Gasteiger partial charge on any atom is -0.388 e. The van der Waals surface area contributed by atoms with Crippen LogP contribution in [0.15, 0.2) is 36.9 Å². The lowest BCUT2D eigenvalue weighted by Gasteiger charge is -2.35. The number of hydrogen-bond donors (Lipinski definition) is 2. The van der Waals surface area contributed by atoms with E-state index in [2.05, 4.69) is 25.6 Å². The van der Waals surface area contributed by atoms with E-state index in [0.717, 1.165) is 25.2 Å². The SMILES string of the molecule is CCn1c(CO)nnc1C1CC(NC(=O)c2ccccc2-n2cncn2)C1. The predicted octanol–water partition coefficient (Wildman–Crippen LogP) is 1.05. The molecule has 0 radical (unpaired) electrons. The van der Waals surface area contributed by atoms with Crippen molar-refractivity contribution in [2.24, 2.45) is 0 Å². The third kappa shape index (κ3) is 3.21. The van der Waals surface area contributed by atoms with Crippen molar-refractivity contribution in [3.63, 3.8) is 0 Å². The van der Waals surface area contributed by atoms with Gasteiger partial charge in [0.05, 0.1) is 11.3 Å². The van der Waals surface area contributed by atoms with Crippen LogP contribution >= 0.6 is 0 Å². The van der Waals surface area contributed by atoms with Gasteiger partial charge < -0.3 is 15.0 Å². The highest BCUT2D eigenvalue weighted by atomic mass is 16.3. The molecule has 140 valence electrons. The molecule has 1 saturated carbocycles. The van der Waals surface area contributed by atoms with Crippen LogP contribution < -0.4 is 5.32 Å². The van der Waals surface area contributed by atoms with E-state index in [0.29, 0.717) is 17.1 Å². The summed E-state index contributed by atoms with van der Waals surface area (Å²) in [7, 11) is 0. The van der Waals surface area contributed by atoms with Gasteiger partial charge in [-0.25, -0.2) is 9.67 Å². The van der Waals surface area contributed by atoms with Gasteiger partial charge in [-0.1, -0.05) is 12.1 Å². The third-order valence-electron chi connectivity index (χ3n) is 4.97. The summed E-state index contributed by atoms with van der Waals surface area (Å²) in [6, 6.07) is 7.41. The van der Waals surface area contributed by atoms with E-state index < -0.39 is 0 Å². The maximum absolute atomic E-state index is 12.7. The van der Waals surface area contributed by atoms with E-state index in [1.54, 1.807) is 17.1 Å². The molecule has 0 aliphatic heterocycles. The Morgan fingerprint density at radius 2 is 2.11 bits per heavy atom. The summed E-state index contributed by atoms with van der Waals surface area (Å²) in [4.78, 5) is 16.7. The Kier molecular flexibility index (Phi) is 4.68. The van der Waals surface area contributed by atoms with E-state index in [9.17, 15) is 9.90 Å². The van der Waals surface area contributed by atoms with E-state index in [-0.39, 0.29) is 24.5 Å². The Hall–Kier alpha value is -3.07. The zero-order chi connectivity index (χ0) is 18.8. The van der Waals surface area contributed by atoms with Gasteiger partial charge in [0.2, 0.25) is 0 Å². The second-order valence-corrected chi connectivity index (χ2v) is 6.57. The van der Waals surface area contributed by atoms with Gasteiger partial charge >= 0.3 is 0 Å². The number of aliphatic hydroxyl groups excluding tert-OH is 1. The molecule has 1 aromatic carbocycles. The number of rotatable bonds is 6. The van der Waals surface area contributed by atoms with Crippen molar-refractivity contribution < 1.29 is 9.90 Å². The van der Waals surface area contributed by atoms with Crippen LogP contribution in [0.25, 0.3) is 5.69 Å². The Bertz CT molecular complexity index is 929. The number of benzene rings is 1. The first-order valence-corrected chi connectivity index (χ1v) is 8.99. The number of carbonyl (C=O) groups excluding carboxylic acids is 1. The largest absolute Gasteiger partial charge is 0.388 e. The van der Waals surface area contributed by atoms with Gasteiger partial charge in [0.25, 0.3) is 5.91 Å². The molecular weight excluding hydrogens is 346 g/mol. The number of nitrogens with zero attached hydrogens (tertiary/aromatic N) is 6. The monoisotopic (exact) mass is 367 g/mol. The summed E-state index contributed by atoms with van der Waals surface area (Å²) < 4.78 is 3.53. The molecule has 0 unspecified atom stereocenters. The van der Waals surface area contributed by atoms with Crippen LogP contribution in [0.4, 0.5) is 0 Å². The van der Waals surface area contributed by atoms with Crippen LogP contribution in [0.3, 0.4) is 0 Å². The molecule has 1 aliphatic carbocycles. The summed E-state index contributed by atoms with van der Waals surface area (Å²) in [5.41, 5.74) is 1.26. The summed E-state index contributed by atoms with van der Waals surface area (Å²) >= 11 is 0. The zero-order valence-corrected chi connectivity index (χ0v) is 15.0. The van der Waals surface area contributed by atoms with Gasteiger partial charge in [-0.15, -0.1) is 10.2 Å².